The lowest BCUT2D eigenvalue weighted by Crippen LogP contribution is -1.70. The molecule has 56 valence electrons. The summed E-state index contributed by atoms with van der Waals surface area (Å²) in [7, 11) is 0. The van der Waals surface area contributed by atoms with Crippen LogP contribution >= 0.6 is 15.9 Å². The number of nitrogens with zero attached hydrogens (tertiary/aromatic N) is 1. The third kappa shape index (κ3) is 1.16. The van der Waals surface area contributed by atoms with Crippen LogP contribution in [0.5, 0.6) is 0 Å². The average molecular weight is 212 g/mol. The van der Waals surface area contributed by atoms with E-state index in [1.54, 1.807) is 0 Å². The molecule has 1 aromatic heterocycles. The molecule has 0 spiro atoms. The number of halogens is 1. The largest absolute Gasteiger partial charge is 0.431 e. The summed E-state index contributed by atoms with van der Waals surface area (Å²) in [5.41, 5.74) is 2.91. The van der Waals surface area contributed by atoms with Gasteiger partial charge in [-0.25, -0.2) is 4.98 Å². The lowest BCUT2D eigenvalue weighted by atomic mass is 10.2. The van der Waals surface area contributed by atoms with Gasteiger partial charge in [0.25, 0.3) is 4.80 Å². The van der Waals surface area contributed by atoms with Gasteiger partial charge in [0.05, 0.1) is 0 Å². The Hall–Kier alpha value is -0.830. The minimum absolute atomic E-state index is 0.540. The van der Waals surface area contributed by atoms with E-state index < -0.39 is 0 Å². The van der Waals surface area contributed by atoms with Gasteiger partial charge in [-0.1, -0.05) is 6.07 Å². The molecule has 0 saturated heterocycles. The number of oxazole rings is 1. The van der Waals surface area contributed by atoms with Crippen LogP contribution < -0.4 is 0 Å². The highest BCUT2D eigenvalue weighted by molar-refractivity contribution is 9.10. The molecular weight excluding hydrogens is 206 g/mol. The van der Waals surface area contributed by atoms with Crippen LogP contribution in [-0.2, 0) is 0 Å². The Morgan fingerprint density at radius 1 is 1.45 bits per heavy atom. The Labute approximate surface area is 72.4 Å². The van der Waals surface area contributed by atoms with Crippen molar-refractivity contribution in [3.63, 3.8) is 0 Å². The maximum atomic E-state index is 5.23. The number of hydrogen-bond donors (Lipinski definition) is 0. The van der Waals surface area contributed by atoms with Crippen molar-refractivity contribution in [2.24, 2.45) is 0 Å². The predicted molar refractivity (Wildman–Crippen MR) is 46.4 cm³/mol. The first-order valence-corrected chi connectivity index (χ1v) is 4.08. The number of hydrogen-bond acceptors (Lipinski definition) is 2. The molecule has 0 bridgehead atoms. The molecule has 1 heterocycles. The Kier molecular flexibility index (Phi) is 1.46. The minimum Gasteiger partial charge on any atom is -0.431 e. The normalized spacial score (nSPS) is 10.7. The molecule has 0 unspecified atom stereocenters. The lowest BCUT2D eigenvalue weighted by molar-refractivity contribution is 0.570. The molecule has 11 heavy (non-hydrogen) atoms. The quantitative estimate of drug-likeness (QED) is 0.670. The maximum absolute atomic E-state index is 5.23. The Morgan fingerprint density at radius 3 is 3.09 bits per heavy atom. The van der Waals surface area contributed by atoms with Gasteiger partial charge in [-0.2, -0.15) is 0 Å². The van der Waals surface area contributed by atoms with E-state index in [0.717, 1.165) is 11.1 Å². The first-order valence-electron chi connectivity index (χ1n) is 3.28. The molecule has 0 atom stereocenters. The van der Waals surface area contributed by atoms with Crippen molar-refractivity contribution in [3.8, 4) is 0 Å². The number of aryl methyl sites for hydroxylation is 1. The fraction of sp³-hybridized carbons (Fsp3) is 0.125. The molecule has 0 aliphatic rings. The molecular formula is C8H6BrNO. The molecule has 2 aromatic rings. The van der Waals surface area contributed by atoms with Crippen molar-refractivity contribution >= 4 is 27.0 Å². The van der Waals surface area contributed by atoms with Crippen LogP contribution in [-0.4, -0.2) is 4.98 Å². The summed E-state index contributed by atoms with van der Waals surface area (Å²) >= 11 is 3.17. The fourth-order valence-electron chi connectivity index (χ4n) is 1.01. The summed E-state index contributed by atoms with van der Waals surface area (Å²) in [5, 5.41) is 0. The Balaban J connectivity index is 2.82. The molecule has 3 heteroatoms. The molecule has 2 rings (SSSR count). The van der Waals surface area contributed by atoms with Crippen molar-refractivity contribution in [3.05, 3.63) is 28.6 Å². The van der Waals surface area contributed by atoms with E-state index in [1.165, 1.54) is 5.56 Å². The summed E-state index contributed by atoms with van der Waals surface area (Å²) < 4.78 is 5.23. The second-order valence-corrected chi connectivity index (χ2v) is 3.12. The van der Waals surface area contributed by atoms with Gasteiger partial charge in [-0.3, -0.25) is 0 Å². The topological polar surface area (TPSA) is 26.0 Å². The Morgan fingerprint density at radius 2 is 2.27 bits per heavy atom. The molecule has 0 fully saturated rings. The number of rotatable bonds is 0. The highest BCUT2D eigenvalue weighted by Gasteiger charge is 2.00. The molecule has 0 amide bonds. The smallest absolute Gasteiger partial charge is 0.265 e. The van der Waals surface area contributed by atoms with Crippen LogP contribution in [0.2, 0.25) is 0 Å². The van der Waals surface area contributed by atoms with Crippen LogP contribution in [0.1, 0.15) is 5.56 Å². The maximum Gasteiger partial charge on any atom is 0.265 e. The van der Waals surface area contributed by atoms with Gasteiger partial charge in [-0.05, 0) is 24.6 Å². The number of aromatic nitrogens is 1. The third-order valence-corrected chi connectivity index (χ3v) is 1.86. The summed E-state index contributed by atoms with van der Waals surface area (Å²) in [5.74, 6) is 0. The minimum atomic E-state index is 0.540. The van der Waals surface area contributed by atoms with Crippen molar-refractivity contribution in [2.45, 2.75) is 6.92 Å². The zero-order valence-electron chi connectivity index (χ0n) is 5.97. The Bertz CT molecular complexity index is 394. The van der Waals surface area contributed by atoms with Gasteiger partial charge in [0.15, 0.2) is 5.58 Å². The standard InChI is InChI=1S/C8H6BrNO/c1-5-2-3-7-6(4-5)10-8(9)11-7/h2-4H,1H3. The van der Waals surface area contributed by atoms with E-state index in [4.69, 9.17) is 4.42 Å². The highest BCUT2D eigenvalue weighted by Crippen LogP contribution is 2.19. The number of fused-ring (bicyclic) bond motifs is 1. The molecule has 0 aliphatic carbocycles. The van der Waals surface area contributed by atoms with Crippen LogP contribution in [0.15, 0.2) is 27.4 Å². The van der Waals surface area contributed by atoms with E-state index in [-0.39, 0.29) is 0 Å². The molecule has 0 N–H and O–H groups in total. The van der Waals surface area contributed by atoms with E-state index >= 15 is 0 Å². The fourth-order valence-corrected chi connectivity index (χ4v) is 1.37. The summed E-state index contributed by atoms with van der Waals surface area (Å²) in [6, 6.07) is 5.91. The summed E-state index contributed by atoms with van der Waals surface area (Å²) in [6.07, 6.45) is 0. The van der Waals surface area contributed by atoms with Gasteiger partial charge in [-0.15, -0.1) is 0 Å². The second kappa shape index (κ2) is 2.34. The lowest BCUT2D eigenvalue weighted by Gasteiger charge is -1.87. The van der Waals surface area contributed by atoms with Gasteiger partial charge in [0.1, 0.15) is 5.52 Å². The average Bonchev–Trinajstić information content (AvgIpc) is 2.27. The molecule has 0 saturated carbocycles. The SMILES string of the molecule is Cc1ccc2oc(Br)nc2c1. The van der Waals surface area contributed by atoms with Gasteiger partial charge in [0, 0.05) is 15.9 Å². The molecule has 0 aliphatic heterocycles. The van der Waals surface area contributed by atoms with E-state index in [9.17, 15) is 0 Å². The van der Waals surface area contributed by atoms with Gasteiger partial charge < -0.3 is 4.42 Å². The first-order chi connectivity index (χ1) is 5.25. The van der Waals surface area contributed by atoms with E-state index in [0.29, 0.717) is 4.80 Å². The monoisotopic (exact) mass is 211 g/mol. The van der Waals surface area contributed by atoms with Crippen molar-refractivity contribution in [2.75, 3.05) is 0 Å². The molecule has 2 nitrogen and oxygen atoms in total. The van der Waals surface area contributed by atoms with Crippen molar-refractivity contribution in [1.82, 2.24) is 4.98 Å². The zero-order valence-corrected chi connectivity index (χ0v) is 7.55. The van der Waals surface area contributed by atoms with Gasteiger partial charge in [0.2, 0.25) is 0 Å². The highest BCUT2D eigenvalue weighted by atomic mass is 79.9. The van der Waals surface area contributed by atoms with Crippen LogP contribution in [0.25, 0.3) is 11.1 Å². The van der Waals surface area contributed by atoms with Crippen molar-refractivity contribution < 1.29 is 4.42 Å². The van der Waals surface area contributed by atoms with Crippen LogP contribution in [0.4, 0.5) is 0 Å². The molecule has 0 radical (unpaired) electrons. The summed E-state index contributed by atoms with van der Waals surface area (Å²) in [6.45, 7) is 2.03. The third-order valence-electron chi connectivity index (χ3n) is 1.52. The van der Waals surface area contributed by atoms with E-state index in [2.05, 4.69) is 20.9 Å². The van der Waals surface area contributed by atoms with E-state index in [1.807, 2.05) is 25.1 Å². The second-order valence-electron chi connectivity index (χ2n) is 2.44. The van der Waals surface area contributed by atoms with Crippen molar-refractivity contribution in [1.29, 1.82) is 0 Å². The van der Waals surface area contributed by atoms with Crippen LogP contribution in [0.3, 0.4) is 0 Å². The predicted octanol–water partition coefficient (Wildman–Crippen LogP) is 2.90. The number of benzene rings is 1. The zero-order chi connectivity index (χ0) is 7.84. The first kappa shape index (κ1) is 6.85. The molecule has 1 aromatic carbocycles. The van der Waals surface area contributed by atoms with Gasteiger partial charge >= 0.3 is 0 Å². The summed E-state index contributed by atoms with van der Waals surface area (Å²) in [4.78, 5) is 4.66. The van der Waals surface area contributed by atoms with Crippen LogP contribution in [0, 0.1) is 6.92 Å².